The summed E-state index contributed by atoms with van der Waals surface area (Å²) in [6, 6.07) is 0.424. The highest BCUT2D eigenvalue weighted by Gasteiger charge is 2.18. The molecule has 1 aromatic rings. The van der Waals surface area contributed by atoms with Gasteiger partial charge in [0, 0.05) is 25.3 Å². The van der Waals surface area contributed by atoms with Crippen molar-refractivity contribution in [2.45, 2.75) is 52.8 Å². The SMILES string of the molecule is CCN(Cc1cncn1C(C)C)CC(C)(C)O. The second-order valence-electron chi connectivity index (χ2n) is 5.50. The highest BCUT2D eigenvalue weighted by atomic mass is 16.3. The van der Waals surface area contributed by atoms with E-state index in [9.17, 15) is 5.11 Å². The van der Waals surface area contributed by atoms with Crippen molar-refractivity contribution in [3.63, 3.8) is 0 Å². The van der Waals surface area contributed by atoms with E-state index in [0.717, 1.165) is 13.1 Å². The van der Waals surface area contributed by atoms with E-state index in [4.69, 9.17) is 0 Å². The van der Waals surface area contributed by atoms with Gasteiger partial charge in [0.05, 0.1) is 17.6 Å². The molecule has 17 heavy (non-hydrogen) atoms. The summed E-state index contributed by atoms with van der Waals surface area (Å²) in [5.74, 6) is 0. The Morgan fingerprint density at radius 1 is 1.47 bits per heavy atom. The highest BCUT2D eigenvalue weighted by Crippen LogP contribution is 2.13. The van der Waals surface area contributed by atoms with Gasteiger partial charge in [-0.25, -0.2) is 4.98 Å². The van der Waals surface area contributed by atoms with Crippen LogP contribution >= 0.6 is 0 Å². The molecule has 0 aromatic carbocycles. The maximum atomic E-state index is 9.86. The molecule has 0 fully saturated rings. The van der Waals surface area contributed by atoms with Gasteiger partial charge in [0.1, 0.15) is 0 Å². The Balaban J connectivity index is 2.71. The van der Waals surface area contributed by atoms with Gasteiger partial charge < -0.3 is 9.67 Å². The van der Waals surface area contributed by atoms with Crippen molar-refractivity contribution in [3.05, 3.63) is 18.2 Å². The van der Waals surface area contributed by atoms with E-state index in [2.05, 4.69) is 35.2 Å². The van der Waals surface area contributed by atoms with Crippen molar-refractivity contribution in [3.8, 4) is 0 Å². The lowest BCUT2D eigenvalue weighted by atomic mass is 10.1. The molecule has 0 unspecified atom stereocenters. The average molecular weight is 239 g/mol. The minimum Gasteiger partial charge on any atom is -0.389 e. The summed E-state index contributed by atoms with van der Waals surface area (Å²) in [7, 11) is 0. The van der Waals surface area contributed by atoms with Gasteiger partial charge in [0.2, 0.25) is 0 Å². The highest BCUT2D eigenvalue weighted by molar-refractivity contribution is 5.00. The topological polar surface area (TPSA) is 41.3 Å². The molecule has 0 aliphatic carbocycles. The van der Waals surface area contributed by atoms with Crippen LogP contribution in [-0.2, 0) is 6.54 Å². The Bertz CT molecular complexity index is 339. The van der Waals surface area contributed by atoms with Gasteiger partial charge in [-0.15, -0.1) is 0 Å². The van der Waals surface area contributed by atoms with Gasteiger partial charge in [-0.1, -0.05) is 6.92 Å². The smallest absolute Gasteiger partial charge is 0.0951 e. The molecule has 4 heteroatoms. The van der Waals surface area contributed by atoms with Gasteiger partial charge in [-0.05, 0) is 34.2 Å². The first-order chi connectivity index (χ1) is 7.83. The lowest BCUT2D eigenvalue weighted by molar-refractivity contribution is 0.0346. The fraction of sp³-hybridized carbons (Fsp3) is 0.769. The molecular formula is C13H25N3O. The molecule has 0 saturated heterocycles. The first-order valence-electron chi connectivity index (χ1n) is 6.29. The van der Waals surface area contributed by atoms with E-state index in [-0.39, 0.29) is 0 Å². The predicted molar refractivity (Wildman–Crippen MR) is 69.9 cm³/mol. The summed E-state index contributed by atoms with van der Waals surface area (Å²) in [5.41, 5.74) is 0.546. The third kappa shape index (κ3) is 4.48. The number of imidazole rings is 1. The number of aromatic nitrogens is 2. The summed E-state index contributed by atoms with van der Waals surface area (Å²) >= 11 is 0. The molecule has 1 rings (SSSR count). The maximum Gasteiger partial charge on any atom is 0.0951 e. The number of hydrogen-bond acceptors (Lipinski definition) is 3. The van der Waals surface area contributed by atoms with Gasteiger partial charge in [-0.2, -0.15) is 0 Å². The van der Waals surface area contributed by atoms with Crippen molar-refractivity contribution in [2.75, 3.05) is 13.1 Å². The second-order valence-corrected chi connectivity index (χ2v) is 5.50. The average Bonchev–Trinajstić information content (AvgIpc) is 2.62. The minimum atomic E-state index is -0.654. The van der Waals surface area contributed by atoms with E-state index in [0.29, 0.717) is 12.6 Å². The van der Waals surface area contributed by atoms with Gasteiger partial charge >= 0.3 is 0 Å². The maximum absolute atomic E-state index is 9.86. The monoisotopic (exact) mass is 239 g/mol. The Morgan fingerprint density at radius 2 is 2.12 bits per heavy atom. The Kier molecular flexibility index (Phi) is 4.71. The third-order valence-corrected chi connectivity index (χ3v) is 2.75. The lowest BCUT2D eigenvalue weighted by Gasteiger charge is -2.28. The van der Waals surface area contributed by atoms with E-state index >= 15 is 0 Å². The van der Waals surface area contributed by atoms with Crippen molar-refractivity contribution >= 4 is 0 Å². The lowest BCUT2D eigenvalue weighted by Crippen LogP contribution is -2.38. The fourth-order valence-corrected chi connectivity index (χ4v) is 1.98. The fourth-order valence-electron chi connectivity index (χ4n) is 1.98. The summed E-state index contributed by atoms with van der Waals surface area (Å²) in [4.78, 5) is 6.43. The summed E-state index contributed by atoms with van der Waals surface area (Å²) in [5, 5.41) is 9.86. The van der Waals surface area contributed by atoms with Crippen LogP contribution < -0.4 is 0 Å². The van der Waals surface area contributed by atoms with Crippen LogP contribution in [0.5, 0.6) is 0 Å². The van der Waals surface area contributed by atoms with E-state index < -0.39 is 5.60 Å². The number of aliphatic hydroxyl groups is 1. The number of nitrogens with zero attached hydrogens (tertiary/aromatic N) is 3. The van der Waals surface area contributed by atoms with Gasteiger partial charge in [0.25, 0.3) is 0 Å². The zero-order chi connectivity index (χ0) is 13.1. The first kappa shape index (κ1) is 14.2. The Hall–Kier alpha value is -0.870. The van der Waals surface area contributed by atoms with E-state index in [1.54, 1.807) is 0 Å². The first-order valence-corrected chi connectivity index (χ1v) is 6.29. The predicted octanol–water partition coefficient (Wildman–Crippen LogP) is 2.06. The van der Waals surface area contributed by atoms with Crippen LogP contribution in [0.3, 0.4) is 0 Å². The molecule has 0 amide bonds. The molecule has 1 aromatic heterocycles. The van der Waals surface area contributed by atoms with E-state index in [1.165, 1.54) is 5.69 Å². The van der Waals surface area contributed by atoms with Crippen LogP contribution in [-0.4, -0.2) is 38.2 Å². The molecule has 0 atom stereocenters. The number of likely N-dealkylation sites (N-methyl/N-ethyl adjacent to an activating group) is 1. The van der Waals surface area contributed by atoms with Crippen molar-refractivity contribution in [1.29, 1.82) is 0 Å². The van der Waals surface area contributed by atoms with Crippen LogP contribution in [0.25, 0.3) is 0 Å². The summed E-state index contributed by atoms with van der Waals surface area (Å²) in [6.07, 6.45) is 3.78. The molecule has 0 aliphatic rings. The van der Waals surface area contributed by atoms with Crippen molar-refractivity contribution in [1.82, 2.24) is 14.5 Å². The molecule has 4 nitrogen and oxygen atoms in total. The molecule has 1 N–H and O–H groups in total. The normalized spacial score (nSPS) is 12.7. The number of hydrogen-bond donors (Lipinski definition) is 1. The zero-order valence-electron chi connectivity index (χ0n) is 11.6. The molecular weight excluding hydrogens is 214 g/mol. The number of rotatable bonds is 6. The Morgan fingerprint density at radius 3 is 2.59 bits per heavy atom. The quantitative estimate of drug-likeness (QED) is 0.826. The molecule has 0 aliphatic heterocycles. The van der Waals surface area contributed by atoms with Gasteiger partial charge in [-0.3, -0.25) is 4.90 Å². The largest absolute Gasteiger partial charge is 0.389 e. The molecule has 1 heterocycles. The molecule has 0 radical (unpaired) electrons. The second kappa shape index (κ2) is 5.65. The summed E-state index contributed by atoms with van der Waals surface area (Å²) < 4.78 is 2.17. The van der Waals surface area contributed by atoms with E-state index in [1.807, 2.05) is 26.4 Å². The van der Waals surface area contributed by atoms with Crippen molar-refractivity contribution in [2.24, 2.45) is 0 Å². The standard InChI is InChI=1S/C13H25N3O/c1-6-15(9-13(4,5)17)8-12-7-14-10-16(12)11(2)3/h7,10-11,17H,6,8-9H2,1-5H3. The van der Waals surface area contributed by atoms with Crippen LogP contribution in [0, 0.1) is 0 Å². The van der Waals surface area contributed by atoms with Crippen LogP contribution in [0.4, 0.5) is 0 Å². The summed E-state index contributed by atoms with van der Waals surface area (Å²) in [6.45, 7) is 12.5. The van der Waals surface area contributed by atoms with Crippen molar-refractivity contribution < 1.29 is 5.11 Å². The van der Waals surface area contributed by atoms with Crippen LogP contribution in [0.1, 0.15) is 46.4 Å². The molecule has 0 saturated carbocycles. The minimum absolute atomic E-state index is 0.424. The molecule has 0 bridgehead atoms. The Labute approximate surface area is 104 Å². The van der Waals surface area contributed by atoms with Gasteiger partial charge in [0.15, 0.2) is 0 Å². The molecule has 98 valence electrons. The zero-order valence-corrected chi connectivity index (χ0v) is 11.6. The van der Waals surface area contributed by atoms with Crippen LogP contribution in [0.15, 0.2) is 12.5 Å². The van der Waals surface area contributed by atoms with Crippen LogP contribution in [0.2, 0.25) is 0 Å². The molecule has 0 spiro atoms. The third-order valence-electron chi connectivity index (χ3n) is 2.75.